The molecule has 3 aliphatic heterocycles. The Morgan fingerprint density at radius 1 is 1.00 bits per heavy atom. The molecule has 2 aromatic carbocycles. The van der Waals surface area contributed by atoms with Gasteiger partial charge in [0.1, 0.15) is 24.2 Å². The van der Waals surface area contributed by atoms with E-state index >= 15 is 0 Å². The number of rotatable bonds is 6. The molecule has 1 saturated heterocycles. The molecule has 0 radical (unpaired) electrons. The van der Waals surface area contributed by atoms with Gasteiger partial charge in [-0.05, 0) is 43.0 Å². The minimum atomic E-state index is -0.633. The van der Waals surface area contributed by atoms with Gasteiger partial charge in [0.05, 0.1) is 28.1 Å². The summed E-state index contributed by atoms with van der Waals surface area (Å²) in [4.78, 5) is 42.8. The number of aryl methyl sites for hydroxylation is 2. The third-order valence-electron chi connectivity index (χ3n) is 9.77. The largest absolute Gasteiger partial charge is 0.484 e. The molecule has 0 saturated carbocycles. The summed E-state index contributed by atoms with van der Waals surface area (Å²) in [6.07, 6.45) is 6.50. The minimum absolute atomic E-state index is 0.187. The van der Waals surface area contributed by atoms with Crippen LogP contribution in [-0.2, 0) is 42.3 Å². The van der Waals surface area contributed by atoms with E-state index in [2.05, 4.69) is 55.7 Å². The molecule has 52 heavy (non-hydrogen) atoms. The van der Waals surface area contributed by atoms with Crippen molar-refractivity contribution in [3.05, 3.63) is 116 Å². The maximum absolute atomic E-state index is 13.2. The molecule has 3 aromatic heterocycles. The Bertz CT molecular complexity index is 2350. The first kappa shape index (κ1) is 33.2. The molecule has 3 amide bonds. The molecule has 260 valence electrons. The number of hydrogen-bond acceptors (Lipinski definition) is 8. The van der Waals surface area contributed by atoms with Crippen molar-refractivity contribution < 1.29 is 19.1 Å². The fourth-order valence-corrected chi connectivity index (χ4v) is 8.04. The number of likely N-dealkylation sites (tertiary alicyclic amines) is 1. The Labute approximate surface area is 305 Å². The van der Waals surface area contributed by atoms with Crippen LogP contribution in [0.4, 0.5) is 0 Å². The number of thiophene rings is 1. The number of aromatic nitrogens is 5. The Morgan fingerprint density at radius 3 is 2.73 bits per heavy atom. The summed E-state index contributed by atoms with van der Waals surface area (Å²) in [5.41, 5.74) is 5.31. The Kier molecular flexibility index (Phi) is 8.91. The lowest BCUT2D eigenvalue weighted by Gasteiger charge is -2.33. The normalized spacial score (nSPS) is 16.3. The van der Waals surface area contributed by atoms with Gasteiger partial charge in [0.15, 0.2) is 5.82 Å². The van der Waals surface area contributed by atoms with E-state index in [-0.39, 0.29) is 24.1 Å². The Balaban J connectivity index is 0.923. The van der Waals surface area contributed by atoms with Gasteiger partial charge in [-0.2, -0.15) is 5.10 Å². The first-order chi connectivity index (χ1) is 25.3. The molecule has 1 fully saturated rings. The van der Waals surface area contributed by atoms with Crippen LogP contribution < -0.4 is 4.74 Å². The van der Waals surface area contributed by atoms with Gasteiger partial charge in [-0.1, -0.05) is 60.1 Å². The highest BCUT2D eigenvalue weighted by Gasteiger charge is 2.42. The van der Waals surface area contributed by atoms with E-state index in [0.717, 1.165) is 67.1 Å². The van der Waals surface area contributed by atoms with Crippen LogP contribution in [-0.4, -0.2) is 65.2 Å². The van der Waals surface area contributed by atoms with Crippen LogP contribution in [0, 0.1) is 30.6 Å². The summed E-state index contributed by atoms with van der Waals surface area (Å²) < 4.78 is 10.3. The van der Waals surface area contributed by atoms with Crippen LogP contribution in [0.2, 0.25) is 0 Å². The standard InChI is InChI=1S/C40H35N7O4S/c1-26-42-43-36-25-51-38-31(20-27-10-5-3-6-11-27)34(52-35(38)24-46(26)36)17-15-28-21-41-45(22-28)19-8-4-7-12-29-13-9-14-30-32(29)23-47(39(30)49)33-16-18-37(48)44(2)40(33)50/h3,5-6,9-11,13-14,21-22,33H,4,8,16,18-20,23-25H2,1-2H3. The van der Waals surface area contributed by atoms with E-state index < -0.39 is 6.04 Å². The van der Waals surface area contributed by atoms with Crippen molar-refractivity contribution in [2.45, 2.75) is 71.3 Å². The van der Waals surface area contributed by atoms with E-state index in [1.54, 1.807) is 28.5 Å². The highest BCUT2D eigenvalue weighted by molar-refractivity contribution is 7.13. The molecule has 12 heteroatoms. The fourth-order valence-electron chi connectivity index (χ4n) is 6.93. The van der Waals surface area contributed by atoms with Crippen molar-refractivity contribution in [1.82, 2.24) is 34.3 Å². The molecule has 1 unspecified atom stereocenters. The monoisotopic (exact) mass is 709 g/mol. The van der Waals surface area contributed by atoms with Gasteiger partial charge in [-0.25, -0.2) is 0 Å². The van der Waals surface area contributed by atoms with Crippen molar-refractivity contribution in [2.24, 2.45) is 0 Å². The summed E-state index contributed by atoms with van der Waals surface area (Å²) in [5, 5.41) is 13.1. The number of likely N-dealkylation sites (N-methyl/N-ethyl adjacent to an activating group) is 1. The maximum atomic E-state index is 13.2. The van der Waals surface area contributed by atoms with Crippen molar-refractivity contribution in [1.29, 1.82) is 0 Å². The number of carbonyl (C=O) groups is 3. The maximum Gasteiger partial charge on any atom is 0.255 e. The van der Waals surface area contributed by atoms with E-state index in [4.69, 9.17) is 4.74 Å². The first-order valence-corrected chi connectivity index (χ1v) is 18.1. The highest BCUT2D eigenvalue weighted by Crippen LogP contribution is 2.39. The summed E-state index contributed by atoms with van der Waals surface area (Å²) >= 11 is 1.66. The van der Waals surface area contributed by atoms with Gasteiger partial charge >= 0.3 is 0 Å². The van der Waals surface area contributed by atoms with Crippen molar-refractivity contribution in [2.75, 3.05) is 7.05 Å². The molecule has 8 rings (SSSR count). The van der Waals surface area contributed by atoms with E-state index in [1.807, 2.05) is 48.1 Å². The molecule has 0 N–H and O–H groups in total. The smallest absolute Gasteiger partial charge is 0.255 e. The molecular weight excluding hydrogens is 675 g/mol. The van der Waals surface area contributed by atoms with Gasteiger partial charge in [0.25, 0.3) is 11.8 Å². The van der Waals surface area contributed by atoms with E-state index in [0.29, 0.717) is 44.6 Å². The summed E-state index contributed by atoms with van der Waals surface area (Å²) in [6, 6.07) is 15.2. The second kappa shape index (κ2) is 14.0. The second-order valence-corrected chi connectivity index (χ2v) is 14.2. The predicted octanol–water partition coefficient (Wildman–Crippen LogP) is 4.71. The second-order valence-electron chi connectivity index (χ2n) is 13.1. The van der Waals surface area contributed by atoms with Gasteiger partial charge < -0.3 is 14.2 Å². The molecular formula is C40H35N7O4S. The lowest BCUT2D eigenvalue weighted by molar-refractivity contribution is -0.150. The molecule has 0 spiro atoms. The number of carbonyl (C=O) groups excluding carboxylic acids is 3. The zero-order valence-electron chi connectivity index (χ0n) is 28.9. The SMILES string of the molecule is Cc1nnc2n1Cc1sc(C#Cc3cnn(CCCC#Cc4cccc5c4CN(C4CCC(=O)N(C)C4=O)C5=O)c3)c(Cc3ccccc3)c1OC2. The van der Waals surface area contributed by atoms with Crippen molar-refractivity contribution in [3.8, 4) is 29.4 Å². The van der Waals surface area contributed by atoms with Crippen LogP contribution in [0.3, 0.4) is 0 Å². The zero-order valence-corrected chi connectivity index (χ0v) is 29.7. The van der Waals surface area contributed by atoms with Gasteiger partial charge in [0, 0.05) is 62.3 Å². The van der Waals surface area contributed by atoms with Gasteiger partial charge in [-0.15, -0.1) is 21.5 Å². The lowest BCUT2D eigenvalue weighted by Crippen LogP contribution is -2.53. The van der Waals surface area contributed by atoms with Crippen molar-refractivity contribution in [3.63, 3.8) is 0 Å². The van der Waals surface area contributed by atoms with Crippen LogP contribution in [0.1, 0.15) is 85.3 Å². The summed E-state index contributed by atoms with van der Waals surface area (Å²) in [7, 11) is 1.48. The van der Waals surface area contributed by atoms with Crippen LogP contribution in [0.25, 0.3) is 0 Å². The molecule has 6 heterocycles. The molecule has 1 atom stereocenters. The number of imide groups is 1. The minimum Gasteiger partial charge on any atom is -0.484 e. The van der Waals surface area contributed by atoms with Crippen LogP contribution in [0.15, 0.2) is 60.9 Å². The van der Waals surface area contributed by atoms with Crippen LogP contribution in [0.5, 0.6) is 5.75 Å². The Hall–Kier alpha value is -5.98. The molecule has 5 aromatic rings. The molecule has 0 aliphatic carbocycles. The quantitative estimate of drug-likeness (QED) is 0.143. The molecule has 3 aliphatic rings. The number of fused-ring (bicyclic) bond motifs is 3. The number of benzene rings is 2. The number of nitrogens with zero attached hydrogens (tertiary/aromatic N) is 7. The van der Waals surface area contributed by atoms with Gasteiger partial charge in [0.2, 0.25) is 5.91 Å². The summed E-state index contributed by atoms with van der Waals surface area (Å²) in [5.74, 6) is 15.1. The first-order valence-electron chi connectivity index (χ1n) is 17.3. The number of amides is 3. The lowest BCUT2D eigenvalue weighted by atomic mass is 10.0. The Morgan fingerprint density at radius 2 is 1.87 bits per heavy atom. The van der Waals surface area contributed by atoms with E-state index in [1.165, 1.54) is 12.6 Å². The van der Waals surface area contributed by atoms with Crippen molar-refractivity contribution >= 4 is 29.1 Å². The third kappa shape index (κ3) is 6.38. The fraction of sp³-hybridized carbons (Fsp3) is 0.300. The van der Waals surface area contributed by atoms with Gasteiger partial charge in [-0.3, -0.25) is 24.0 Å². The zero-order chi connectivity index (χ0) is 35.8. The van der Waals surface area contributed by atoms with Crippen LogP contribution >= 0.6 is 11.3 Å². The highest BCUT2D eigenvalue weighted by atomic mass is 32.1. The summed E-state index contributed by atoms with van der Waals surface area (Å²) in [6.45, 7) is 3.99. The van der Waals surface area contributed by atoms with E-state index in [9.17, 15) is 14.4 Å². The average molecular weight is 710 g/mol. The third-order valence-corrected chi connectivity index (χ3v) is 10.9. The number of hydrogen-bond donors (Lipinski definition) is 0. The molecule has 11 nitrogen and oxygen atoms in total. The molecule has 0 bridgehead atoms. The average Bonchev–Trinajstić information content (AvgIpc) is 3.89. The number of unbranched alkanes of at least 4 members (excludes halogenated alkanes) is 1. The predicted molar refractivity (Wildman–Crippen MR) is 193 cm³/mol. The number of ether oxygens (including phenoxy) is 1. The topological polar surface area (TPSA) is 115 Å². The number of piperidine rings is 1.